The number of ether oxygens (including phenoxy) is 1. The summed E-state index contributed by atoms with van der Waals surface area (Å²) < 4.78 is 5.54. The lowest BCUT2D eigenvalue weighted by molar-refractivity contribution is -0.127. The smallest absolute Gasteiger partial charge is 0.325 e. The third-order valence-electron chi connectivity index (χ3n) is 6.21. The Hall–Kier alpha value is -2.49. The summed E-state index contributed by atoms with van der Waals surface area (Å²) >= 11 is 0. The number of hydrogen-bond acceptors (Lipinski definition) is 7. The zero-order chi connectivity index (χ0) is 21.8. The van der Waals surface area contributed by atoms with Crippen LogP contribution in [-0.4, -0.2) is 109 Å². The highest BCUT2D eigenvalue weighted by Crippen LogP contribution is 2.24. The number of piperazine rings is 1. The van der Waals surface area contributed by atoms with Gasteiger partial charge in [0.2, 0.25) is 0 Å². The van der Waals surface area contributed by atoms with Crippen LogP contribution in [0.15, 0.2) is 35.3 Å². The fraction of sp³-hybridized carbons (Fsp3) is 0.591. The number of rotatable bonds is 8. The molecular weight excluding hydrogens is 396 g/mol. The van der Waals surface area contributed by atoms with E-state index >= 15 is 0 Å². The molecule has 2 fully saturated rings. The number of fused-ring (bicyclic) bond motifs is 1. The van der Waals surface area contributed by atoms with Crippen LogP contribution in [0.1, 0.15) is 12.5 Å². The third-order valence-corrected chi connectivity index (χ3v) is 6.21. The van der Waals surface area contributed by atoms with Gasteiger partial charge in [-0.1, -0.05) is 30.3 Å². The maximum atomic E-state index is 12.6. The quantitative estimate of drug-likeness (QED) is 0.605. The molecule has 3 amide bonds. The van der Waals surface area contributed by atoms with Crippen molar-refractivity contribution in [3.05, 3.63) is 35.9 Å². The number of carbonyl (C=O) groups is 2. The van der Waals surface area contributed by atoms with E-state index in [9.17, 15) is 9.59 Å². The summed E-state index contributed by atoms with van der Waals surface area (Å²) in [6.07, 6.45) is -0.475. The van der Waals surface area contributed by atoms with Gasteiger partial charge in [0.05, 0.1) is 13.2 Å². The van der Waals surface area contributed by atoms with Crippen molar-refractivity contribution >= 4 is 17.8 Å². The SMILES string of the molecule is CCOCCN1C(CN2CCN(Cc3ccccc3)CC2)=NC2C1C(=O)NC(=O)N2C. The van der Waals surface area contributed by atoms with Gasteiger partial charge in [0.15, 0.2) is 12.2 Å². The molecule has 0 radical (unpaired) electrons. The highest BCUT2D eigenvalue weighted by molar-refractivity contribution is 6.04. The van der Waals surface area contributed by atoms with Gasteiger partial charge in [-0.3, -0.25) is 19.9 Å². The van der Waals surface area contributed by atoms with E-state index in [4.69, 9.17) is 9.73 Å². The number of hydrogen-bond donors (Lipinski definition) is 1. The Morgan fingerprint density at radius 1 is 1.06 bits per heavy atom. The van der Waals surface area contributed by atoms with Gasteiger partial charge in [0.25, 0.3) is 5.91 Å². The lowest BCUT2D eigenvalue weighted by Gasteiger charge is -2.38. The number of amides is 3. The average molecular weight is 429 g/mol. The van der Waals surface area contributed by atoms with Gasteiger partial charge < -0.3 is 14.5 Å². The highest BCUT2D eigenvalue weighted by Gasteiger charge is 2.48. The normalized spacial score (nSPS) is 24.9. The largest absolute Gasteiger partial charge is 0.380 e. The second-order valence-electron chi connectivity index (χ2n) is 8.24. The molecule has 3 aliphatic rings. The molecule has 3 aliphatic heterocycles. The molecule has 2 atom stereocenters. The molecule has 4 rings (SSSR count). The Kier molecular flexibility index (Phi) is 6.84. The predicted molar refractivity (Wildman–Crippen MR) is 118 cm³/mol. The summed E-state index contributed by atoms with van der Waals surface area (Å²) in [6.45, 7) is 9.20. The maximum Gasteiger partial charge on any atom is 0.325 e. The molecule has 0 bridgehead atoms. The number of urea groups is 1. The minimum Gasteiger partial charge on any atom is -0.380 e. The lowest BCUT2D eigenvalue weighted by Crippen LogP contribution is -2.64. The Labute approximate surface area is 183 Å². The summed E-state index contributed by atoms with van der Waals surface area (Å²) in [4.78, 5) is 37.9. The summed E-state index contributed by atoms with van der Waals surface area (Å²) in [6, 6.07) is 9.66. The van der Waals surface area contributed by atoms with Crippen LogP contribution in [0.2, 0.25) is 0 Å². The van der Waals surface area contributed by atoms with E-state index in [2.05, 4.69) is 39.4 Å². The second kappa shape index (κ2) is 9.76. The topological polar surface area (TPSA) is 80.7 Å². The van der Waals surface area contributed by atoms with E-state index in [0.29, 0.717) is 26.3 Å². The molecule has 1 N–H and O–H groups in total. The molecule has 1 aromatic rings. The molecule has 0 spiro atoms. The molecule has 1 aromatic carbocycles. The van der Waals surface area contributed by atoms with Crippen molar-refractivity contribution in [2.24, 2.45) is 4.99 Å². The zero-order valence-electron chi connectivity index (χ0n) is 18.4. The summed E-state index contributed by atoms with van der Waals surface area (Å²) in [5, 5.41) is 2.45. The van der Waals surface area contributed by atoms with Crippen LogP contribution in [0.3, 0.4) is 0 Å². The van der Waals surface area contributed by atoms with Crippen molar-refractivity contribution < 1.29 is 14.3 Å². The number of amidine groups is 1. The maximum absolute atomic E-state index is 12.6. The average Bonchev–Trinajstić information content (AvgIpc) is 3.13. The van der Waals surface area contributed by atoms with Gasteiger partial charge in [-0.2, -0.15) is 0 Å². The lowest BCUT2D eigenvalue weighted by atomic mass is 10.1. The van der Waals surface area contributed by atoms with Gasteiger partial charge in [-0.05, 0) is 12.5 Å². The monoisotopic (exact) mass is 428 g/mol. The minimum absolute atomic E-state index is 0.281. The Bertz CT molecular complexity index is 809. The number of aliphatic imine (C=N–C) groups is 1. The van der Waals surface area contributed by atoms with E-state index < -0.39 is 18.2 Å². The van der Waals surface area contributed by atoms with Crippen molar-refractivity contribution in [3.63, 3.8) is 0 Å². The molecule has 0 aromatic heterocycles. The Morgan fingerprint density at radius 3 is 2.42 bits per heavy atom. The Morgan fingerprint density at radius 2 is 1.74 bits per heavy atom. The first-order valence-electron chi connectivity index (χ1n) is 11.0. The van der Waals surface area contributed by atoms with Crippen LogP contribution < -0.4 is 5.32 Å². The van der Waals surface area contributed by atoms with E-state index in [-0.39, 0.29) is 5.91 Å². The first-order valence-corrected chi connectivity index (χ1v) is 11.0. The van der Waals surface area contributed by atoms with Crippen molar-refractivity contribution in [2.75, 3.05) is 59.5 Å². The number of nitrogens with one attached hydrogen (secondary N) is 1. The number of carbonyl (C=O) groups excluding carboxylic acids is 2. The van der Waals surface area contributed by atoms with Crippen LogP contribution >= 0.6 is 0 Å². The van der Waals surface area contributed by atoms with E-state index in [1.54, 1.807) is 7.05 Å². The van der Waals surface area contributed by atoms with E-state index in [1.165, 1.54) is 10.5 Å². The molecule has 31 heavy (non-hydrogen) atoms. The van der Waals surface area contributed by atoms with E-state index in [1.807, 2.05) is 17.9 Å². The highest BCUT2D eigenvalue weighted by atomic mass is 16.5. The number of likely N-dealkylation sites (N-methyl/N-ethyl adjacent to an activating group) is 1. The van der Waals surface area contributed by atoms with Crippen molar-refractivity contribution in [1.82, 2.24) is 24.9 Å². The fourth-order valence-corrected chi connectivity index (χ4v) is 4.44. The van der Waals surface area contributed by atoms with Crippen LogP contribution in [0.4, 0.5) is 4.79 Å². The van der Waals surface area contributed by atoms with Crippen molar-refractivity contribution in [3.8, 4) is 0 Å². The standard InChI is InChI=1S/C22H32N6O3/c1-3-31-14-13-28-18(23-20-19(28)21(29)24-22(30)25(20)2)16-27-11-9-26(10-12-27)15-17-7-5-4-6-8-17/h4-8,19-20H,3,9-16H2,1-2H3,(H,24,29,30). The minimum atomic E-state index is -0.488. The molecule has 168 valence electrons. The van der Waals surface area contributed by atoms with Crippen LogP contribution in [0, 0.1) is 0 Å². The Balaban J connectivity index is 1.38. The van der Waals surface area contributed by atoms with Gasteiger partial charge in [-0.15, -0.1) is 0 Å². The van der Waals surface area contributed by atoms with Gasteiger partial charge in [0, 0.05) is 52.9 Å². The van der Waals surface area contributed by atoms with Gasteiger partial charge in [-0.25, -0.2) is 9.79 Å². The van der Waals surface area contributed by atoms with Crippen molar-refractivity contribution in [2.45, 2.75) is 25.7 Å². The summed E-state index contributed by atoms with van der Waals surface area (Å²) in [7, 11) is 1.69. The van der Waals surface area contributed by atoms with Crippen LogP contribution in [-0.2, 0) is 16.1 Å². The van der Waals surface area contributed by atoms with Gasteiger partial charge in [0.1, 0.15) is 5.84 Å². The summed E-state index contributed by atoms with van der Waals surface area (Å²) in [5.41, 5.74) is 1.33. The fourth-order valence-electron chi connectivity index (χ4n) is 4.44. The molecule has 2 unspecified atom stereocenters. The zero-order valence-corrected chi connectivity index (χ0v) is 18.4. The molecule has 2 saturated heterocycles. The first-order chi connectivity index (χ1) is 15.1. The second-order valence-corrected chi connectivity index (χ2v) is 8.24. The molecule has 0 aliphatic carbocycles. The van der Waals surface area contributed by atoms with Crippen molar-refractivity contribution in [1.29, 1.82) is 0 Å². The molecule has 9 nitrogen and oxygen atoms in total. The number of nitrogens with zero attached hydrogens (tertiary/aromatic N) is 5. The van der Waals surface area contributed by atoms with Crippen LogP contribution in [0.25, 0.3) is 0 Å². The number of imide groups is 1. The summed E-state index contributed by atoms with van der Waals surface area (Å²) in [5.74, 6) is 0.582. The van der Waals surface area contributed by atoms with E-state index in [0.717, 1.165) is 38.6 Å². The van der Waals surface area contributed by atoms with Crippen LogP contribution in [0.5, 0.6) is 0 Å². The van der Waals surface area contributed by atoms with Gasteiger partial charge >= 0.3 is 6.03 Å². The number of benzene rings is 1. The molecule has 3 heterocycles. The molecular formula is C22H32N6O3. The first kappa shape index (κ1) is 21.7. The molecule has 0 saturated carbocycles. The predicted octanol–water partition coefficient (Wildman–Crippen LogP) is 0.431. The molecule has 9 heteroatoms. The third kappa shape index (κ3) is 4.89.